The summed E-state index contributed by atoms with van der Waals surface area (Å²) < 4.78 is 1.13. The van der Waals surface area contributed by atoms with Gasteiger partial charge in [0.1, 0.15) is 0 Å². The van der Waals surface area contributed by atoms with Gasteiger partial charge in [-0.05, 0) is 0 Å². The molecule has 0 nitrogen and oxygen atoms in total. The average molecular weight is 388 g/mol. The van der Waals surface area contributed by atoms with Crippen LogP contribution in [0.2, 0.25) is 9.38 Å². The predicted octanol–water partition coefficient (Wildman–Crippen LogP) is 6.70. The van der Waals surface area contributed by atoms with Crippen molar-refractivity contribution >= 4 is 34.0 Å². The van der Waals surface area contributed by atoms with Crippen LogP contribution in [0.3, 0.4) is 0 Å². The molecule has 0 saturated carbocycles. The Bertz CT molecular complexity index is 164. The quantitative estimate of drug-likeness (QED) is 0.273. The van der Waals surface area contributed by atoms with Gasteiger partial charge in [-0.2, -0.15) is 0 Å². The summed E-state index contributed by atoms with van der Waals surface area (Å²) in [4.78, 5) is 2.09. The molecule has 0 aliphatic heterocycles. The molecule has 0 aromatic carbocycles. The molecule has 0 aliphatic rings. The summed E-state index contributed by atoms with van der Waals surface area (Å²) in [6, 6.07) is 0. The first-order valence-corrected chi connectivity index (χ1v) is 19.4. The molecule has 0 aromatic heterocycles. The van der Waals surface area contributed by atoms with Crippen LogP contribution < -0.4 is 0 Å². The third kappa shape index (κ3) is 17.4. The second kappa shape index (κ2) is 11.2. The van der Waals surface area contributed by atoms with Gasteiger partial charge in [-0.15, -0.1) is 0 Å². The van der Waals surface area contributed by atoms with Gasteiger partial charge in [-0.1, -0.05) is 0 Å². The summed E-state index contributed by atoms with van der Waals surface area (Å²) in [6.45, 7) is 4.62. The molecule has 0 saturated heterocycles. The van der Waals surface area contributed by atoms with E-state index in [0.29, 0.717) is 0 Å². The van der Waals surface area contributed by atoms with Gasteiger partial charge in [0.15, 0.2) is 0 Å². The van der Waals surface area contributed by atoms with Crippen LogP contribution in [0, 0.1) is 5.92 Å². The van der Waals surface area contributed by atoms with Crippen molar-refractivity contribution in [3.8, 4) is 0 Å². The Labute approximate surface area is 120 Å². The zero-order valence-electron chi connectivity index (χ0n) is 11.9. The summed E-state index contributed by atoms with van der Waals surface area (Å²) in [5.41, 5.74) is 0. The molecular weight excluding hydrogens is 358 g/mol. The molecule has 0 N–H and O–H groups in total. The Kier molecular flexibility index (Phi) is 12.1. The van der Waals surface area contributed by atoms with E-state index < -0.39 is 16.1 Å². The maximum atomic E-state index is 6.13. The van der Waals surface area contributed by atoms with Crippen molar-refractivity contribution in [3.63, 3.8) is 0 Å². The van der Waals surface area contributed by atoms with Crippen LogP contribution >= 0.6 is 17.8 Å². The average Bonchev–Trinajstić information content (AvgIpc) is 2.18. The van der Waals surface area contributed by atoms with Crippen LogP contribution in [0.4, 0.5) is 0 Å². The fourth-order valence-corrected chi connectivity index (χ4v) is 6.33. The molecule has 0 rings (SSSR count). The third-order valence-corrected chi connectivity index (χ3v) is 9.20. The minimum atomic E-state index is -2.47. The molecule has 0 spiro atoms. The molecule has 104 valence electrons. The molecule has 0 radical (unpaired) electrons. The molecule has 0 unspecified atom stereocenters. The van der Waals surface area contributed by atoms with Crippen LogP contribution in [-0.2, 0) is 0 Å². The van der Waals surface area contributed by atoms with Crippen molar-refractivity contribution in [2.45, 2.75) is 81.0 Å². The van der Waals surface area contributed by atoms with E-state index in [-0.39, 0.29) is 0 Å². The third-order valence-electron chi connectivity index (χ3n) is 3.15. The van der Waals surface area contributed by atoms with E-state index in [2.05, 4.69) is 18.8 Å². The fourth-order valence-electron chi connectivity index (χ4n) is 2.05. The van der Waals surface area contributed by atoms with E-state index in [1.807, 2.05) is 0 Å². The number of halogens is 2. The summed E-state index contributed by atoms with van der Waals surface area (Å²) in [5.74, 6) is 0.877. The van der Waals surface area contributed by atoms with Crippen molar-refractivity contribution in [2.75, 3.05) is 0 Å². The monoisotopic (exact) mass is 388 g/mol. The van der Waals surface area contributed by atoms with Crippen LogP contribution in [-0.4, -0.2) is 16.1 Å². The molecule has 0 aromatic rings. The Hall–Kier alpha value is 1.38. The minimum absolute atomic E-state index is 0.877. The van der Waals surface area contributed by atoms with Gasteiger partial charge in [0.05, 0.1) is 0 Å². The van der Waals surface area contributed by atoms with Crippen molar-refractivity contribution in [1.29, 1.82) is 0 Å². The van der Waals surface area contributed by atoms with E-state index in [0.717, 1.165) is 10.4 Å². The molecule has 17 heavy (non-hydrogen) atoms. The molecule has 0 heterocycles. The van der Waals surface area contributed by atoms with Crippen molar-refractivity contribution < 1.29 is 0 Å². The zero-order valence-corrected chi connectivity index (χ0v) is 16.3. The Morgan fingerprint density at radius 3 is 1.59 bits per heavy atom. The standard InChI is InChI=1S/C13H27.CH3.2ClH.Sn/c1-4-5-6-7-8-9-10-11-12-13(2)3;;;;/h13H,1,4-12H2,2-3H3;1H3;2*1H;/q;;;;+2/p-2. The first-order valence-electron chi connectivity index (χ1n) is 7.29. The number of unbranched alkanes of at least 4 members (excludes halogenated alkanes) is 7. The second-order valence-electron chi connectivity index (χ2n) is 5.83. The van der Waals surface area contributed by atoms with Gasteiger partial charge in [0.2, 0.25) is 0 Å². The number of hydrogen-bond donors (Lipinski definition) is 0. The molecule has 0 aliphatic carbocycles. The van der Waals surface area contributed by atoms with Crippen LogP contribution in [0.15, 0.2) is 0 Å². The van der Waals surface area contributed by atoms with E-state index in [4.69, 9.17) is 17.8 Å². The summed E-state index contributed by atoms with van der Waals surface area (Å²) in [6.07, 6.45) is 12.5. The Morgan fingerprint density at radius 1 is 0.765 bits per heavy atom. The predicted molar refractivity (Wildman–Crippen MR) is 84.5 cm³/mol. The molecule has 0 bridgehead atoms. The van der Waals surface area contributed by atoms with Gasteiger partial charge < -0.3 is 0 Å². The normalized spacial score (nSPS) is 12.4. The van der Waals surface area contributed by atoms with Gasteiger partial charge in [-0.25, -0.2) is 0 Å². The van der Waals surface area contributed by atoms with Gasteiger partial charge >= 0.3 is 121 Å². The SMILES string of the molecule is CC(C)CCCCCCCCC[CH2][Sn]([CH3])([Cl])[Cl]. The topological polar surface area (TPSA) is 0 Å². The summed E-state index contributed by atoms with van der Waals surface area (Å²) in [7, 11) is 12.3. The Balaban J connectivity index is 3.04. The molecule has 0 fully saturated rings. The van der Waals surface area contributed by atoms with Crippen LogP contribution in [0.25, 0.3) is 0 Å². The zero-order chi connectivity index (χ0) is 13.1. The van der Waals surface area contributed by atoms with Crippen LogP contribution in [0.5, 0.6) is 0 Å². The van der Waals surface area contributed by atoms with E-state index in [1.165, 1.54) is 57.8 Å². The molecule has 0 atom stereocenters. The molecular formula is C14H30Cl2Sn. The first kappa shape index (κ1) is 18.4. The van der Waals surface area contributed by atoms with E-state index in [9.17, 15) is 0 Å². The second-order valence-corrected chi connectivity index (χ2v) is 25.9. The number of rotatable bonds is 11. The van der Waals surface area contributed by atoms with Gasteiger partial charge in [0.25, 0.3) is 0 Å². The first-order chi connectivity index (χ1) is 7.92. The van der Waals surface area contributed by atoms with Gasteiger partial charge in [-0.3, -0.25) is 0 Å². The fraction of sp³-hybridized carbons (Fsp3) is 1.00. The number of hydrogen-bond acceptors (Lipinski definition) is 0. The van der Waals surface area contributed by atoms with Crippen molar-refractivity contribution in [2.24, 2.45) is 5.92 Å². The summed E-state index contributed by atoms with van der Waals surface area (Å²) >= 11 is -2.47. The molecule has 0 amide bonds. The van der Waals surface area contributed by atoms with Crippen LogP contribution in [0.1, 0.15) is 71.6 Å². The van der Waals surface area contributed by atoms with Crippen molar-refractivity contribution in [3.05, 3.63) is 0 Å². The molecule has 3 heteroatoms. The Morgan fingerprint density at radius 2 is 1.18 bits per heavy atom. The van der Waals surface area contributed by atoms with Gasteiger partial charge in [0, 0.05) is 0 Å². The van der Waals surface area contributed by atoms with E-state index >= 15 is 0 Å². The maximum absolute atomic E-state index is 6.13. The van der Waals surface area contributed by atoms with E-state index in [1.54, 1.807) is 0 Å². The van der Waals surface area contributed by atoms with Crippen molar-refractivity contribution in [1.82, 2.24) is 0 Å². The summed E-state index contributed by atoms with van der Waals surface area (Å²) in [5, 5.41) is 0.